The van der Waals surface area contributed by atoms with E-state index in [0.717, 1.165) is 0 Å². The third-order valence-electron chi connectivity index (χ3n) is 3.96. The number of nitrogens with zero attached hydrogens (tertiary/aromatic N) is 2. The molecule has 1 aliphatic heterocycles. The van der Waals surface area contributed by atoms with Gasteiger partial charge < -0.3 is 14.8 Å². The largest absolute Gasteiger partial charge is 0.335 e. The van der Waals surface area contributed by atoms with Crippen LogP contribution in [0.5, 0.6) is 0 Å². The maximum absolute atomic E-state index is 13.2. The van der Waals surface area contributed by atoms with E-state index in [4.69, 9.17) is 0 Å². The van der Waals surface area contributed by atoms with Gasteiger partial charge in [-0.15, -0.1) is 0 Å². The molecule has 0 atom stereocenters. The molecule has 1 aliphatic rings. The predicted molar refractivity (Wildman–Crippen MR) is 85.3 cm³/mol. The van der Waals surface area contributed by atoms with Crippen LogP contribution in [-0.2, 0) is 0 Å². The molecule has 1 fully saturated rings. The van der Waals surface area contributed by atoms with E-state index in [2.05, 4.69) is 4.98 Å². The average molecular weight is 329 g/mol. The first-order valence-corrected chi connectivity index (χ1v) is 7.57. The van der Waals surface area contributed by atoms with Crippen LogP contribution in [0.25, 0.3) is 0 Å². The van der Waals surface area contributed by atoms with Gasteiger partial charge in [0.15, 0.2) is 0 Å². The van der Waals surface area contributed by atoms with Crippen molar-refractivity contribution in [2.24, 2.45) is 0 Å². The second-order valence-electron chi connectivity index (χ2n) is 5.54. The van der Waals surface area contributed by atoms with Crippen molar-refractivity contribution >= 4 is 11.8 Å². The van der Waals surface area contributed by atoms with Crippen LogP contribution in [0.1, 0.15) is 20.7 Å². The average Bonchev–Trinajstić information content (AvgIpc) is 2.61. The van der Waals surface area contributed by atoms with Gasteiger partial charge in [-0.2, -0.15) is 0 Å². The molecule has 3 rings (SSSR count). The molecular weight excluding hydrogens is 313 g/mol. The molecule has 1 aromatic heterocycles. The number of benzene rings is 1. The van der Waals surface area contributed by atoms with Gasteiger partial charge in [0, 0.05) is 44.0 Å². The molecule has 0 aliphatic carbocycles. The summed E-state index contributed by atoms with van der Waals surface area (Å²) in [5, 5.41) is 0. The number of amides is 2. The first kappa shape index (κ1) is 15.9. The lowest BCUT2D eigenvalue weighted by Gasteiger charge is -2.34. The number of hydrogen-bond donors (Lipinski definition) is 1. The van der Waals surface area contributed by atoms with E-state index >= 15 is 0 Å². The Hall–Kier alpha value is -2.96. The number of carbonyl (C=O) groups excluding carboxylic acids is 2. The van der Waals surface area contributed by atoms with Gasteiger partial charge >= 0.3 is 0 Å². The Bertz CT molecular complexity index is 805. The van der Waals surface area contributed by atoms with Gasteiger partial charge in [-0.1, -0.05) is 6.07 Å². The maximum Gasteiger partial charge on any atom is 0.255 e. The zero-order valence-corrected chi connectivity index (χ0v) is 12.9. The van der Waals surface area contributed by atoms with Crippen molar-refractivity contribution in [3.63, 3.8) is 0 Å². The Labute approximate surface area is 137 Å². The molecule has 0 unspecified atom stereocenters. The van der Waals surface area contributed by atoms with Gasteiger partial charge in [-0.05, 0) is 24.3 Å². The fourth-order valence-corrected chi connectivity index (χ4v) is 2.64. The second-order valence-corrected chi connectivity index (χ2v) is 5.54. The number of rotatable bonds is 2. The second kappa shape index (κ2) is 6.66. The SMILES string of the molecule is O=C(c1ccc(=O)[nH]c1)N1CCN(C(=O)c2cccc(F)c2)CC1. The number of aromatic amines is 1. The summed E-state index contributed by atoms with van der Waals surface area (Å²) in [7, 11) is 0. The molecule has 0 radical (unpaired) electrons. The molecule has 2 amide bonds. The summed E-state index contributed by atoms with van der Waals surface area (Å²) in [5.41, 5.74) is 0.437. The first-order valence-electron chi connectivity index (χ1n) is 7.57. The molecule has 2 heterocycles. The molecule has 7 heteroatoms. The molecule has 1 aromatic carbocycles. The van der Waals surface area contributed by atoms with Crippen molar-refractivity contribution in [1.29, 1.82) is 0 Å². The third-order valence-corrected chi connectivity index (χ3v) is 3.96. The van der Waals surface area contributed by atoms with Gasteiger partial charge in [0.05, 0.1) is 5.56 Å². The summed E-state index contributed by atoms with van der Waals surface area (Å²) >= 11 is 0. The third kappa shape index (κ3) is 3.34. The predicted octanol–water partition coefficient (Wildman–Crippen LogP) is 1.11. The van der Waals surface area contributed by atoms with Crippen LogP contribution in [0.4, 0.5) is 4.39 Å². The molecule has 0 saturated carbocycles. The van der Waals surface area contributed by atoms with Crippen LogP contribution in [-0.4, -0.2) is 52.8 Å². The molecule has 124 valence electrons. The van der Waals surface area contributed by atoms with E-state index in [1.807, 2.05) is 0 Å². The Kier molecular flexibility index (Phi) is 4.41. The molecule has 0 spiro atoms. The Morgan fingerprint density at radius 1 is 0.917 bits per heavy atom. The molecule has 0 bridgehead atoms. The fraction of sp³-hybridized carbons (Fsp3) is 0.235. The van der Waals surface area contributed by atoms with Crippen molar-refractivity contribution in [2.75, 3.05) is 26.2 Å². The van der Waals surface area contributed by atoms with Crippen molar-refractivity contribution in [3.8, 4) is 0 Å². The number of carbonyl (C=O) groups is 2. The monoisotopic (exact) mass is 329 g/mol. The summed E-state index contributed by atoms with van der Waals surface area (Å²) < 4.78 is 13.2. The lowest BCUT2D eigenvalue weighted by Crippen LogP contribution is -2.50. The zero-order chi connectivity index (χ0) is 17.1. The highest BCUT2D eigenvalue weighted by atomic mass is 19.1. The van der Waals surface area contributed by atoms with E-state index in [0.29, 0.717) is 37.3 Å². The summed E-state index contributed by atoms with van der Waals surface area (Å²) in [6.07, 6.45) is 1.38. The van der Waals surface area contributed by atoms with Gasteiger partial charge in [-0.25, -0.2) is 4.39 Å². The number of pyridine rings is 1. The maximum atomic E-state index is 13.2. The van der Waals surface area contributed by atoms with Crippen molar-refractivity contribution in [3.05, 3.63) is 69.9 Å². The lowest BCUT2D eigenvalue weighted by molar-refractivity contribution is 0.0535. The number of hydrogen-bond acceptors (Lipinski definition) is 3. The smallest absolute Gasteiger partial charge is 0.255 e. The van der Waals surface area contributed by atoms with E-state index in [9.17, 15) is 18.8 Å². The van der Waals surface area contributed by atoms with Gasteiger partial charge in [0.25, 0.3) is 11.8 Å². The standard InChI is InChI=1S/C17H16FN3O3/c18-14-3-1-2-12(10-14)16(23)20-6-8-21(9-7-20)17(24)13-4-5-15(22)19-11-13/h1-5,10-11H,6-9H2,(H,19,22). The Balaban J connectivity index is 1.63. The highest BCUT2D eigenvalue weighted by molar-refractivity contribution is 5.95. The van der Waals surface area contributed by atoms with Crippen LogP contribution >= 0.6 is 0 Å². The number of aromatic nitrogens is 1. The van der Waals surface area contributed by atoms with Gasteiger partial charge in [0.2, 0.25) is 5.56 Å². The number of nitrogens with one attached hydrogen (secondary N) is 1. The van der Waals surface area contributed by atoms with Crippen molar-refractivity contribution in [2.45, 2.75) is 0 Å². The number of H-pyrrole nitrogens is 1. The number of piperazine rings is 1. The van der Waals surface area contributed by atoms with Crippen molar-refractivity contribution in [1.82, 2.24) is 14.8 Å². The minimum Gasteiger partial charge on any atom is -0.335 e. The van der Waals surface area contributed by atoms with E-state index in [1.54, 1.807) is 15.9 Å². The minimum atomic E-state index is -0.451. The summed E-state index contributed by atoms with van der Waals surface area (Å²) in [6, 6.07) is 8.35. The van der Waals surface area contributed by atoms with Crippen LogP contribution < -0.4 is 5.56 Å². The van der Waals surface area contributed by atoms with Gasteiger partial charge in [-0.3, -0.25) is 14.4 Å². The van der Waals surface area contributed by atoms with Crippen LogP contribution in [0.2, 0.25) is 0 Å². The normalized spacial score (nSPS) is 14.5. The highest BCUT2D eigenvalue weighted by Gasteiger charge is 2.25. The fourth-order valence-electron chi connectivity index (χ4n) is 2.64. The first-order chi connectivity index (χ1) is 11.5. The molecule has 1 saturated heterocycles. The Morgan fingerprint density at radius 3 is 2.08 bits per heavy atom. The van der Waals surface area contributed by atoms with Gasteiger partial charge in [0.1, 0.15) is 5.82 Å². The highest BCUT2D eigenvalue weighted by Crippen LogP contribution is 2.12. The summed E-state index contributed by atoms with van der Waals surface area (Å²) in [4.78, 5) is 41.5. The number of halogens is 1. The van der Waals surface area contributed by atoms with Crippen LogP contribution in [0.15, 0.2) is 47.4 Å². The Morgan fingerprint density at radius 2 is 1.54 bits per heavy atom. The van der Waals surface area contributed by atoms with Crippen LogP contribution in [0, 0.1) is 5.82 Å². The summed E-state index contributed by atoms with van der Waals surface area (Å²) in [6.45, 7) is 1.53. The zero-order valence-electron chi connectivity index (χ0n) is 12.9. The molecule has 1 N–H and O–H groups in total. The minimum absolute atomic E-state index is 0.191. The molecule has 6 nitrogen and oxygen atoms in total. The lowest BCUT2D eigenvalue weighted by atomic mass is 10.1. The quantitative estimate of drug-likeness (QED) is 0.897. The molecular formula is C17H16FN3O3. The van der Waals surface area contributed by atoms with Crippen molar-refractivity contribution < 1.29 is 14.0 Å². The molecule has 2 aromatic rings. The summed E-state index contributed by atoms with van der Waals surface area (Å²) in [5.74, 6) is -0.887. The molecule has 24 heavy (non-hydrogen) atoms. The van der Waals surface area contributed by atoms with Crippen LogP contribution in [0.3, 0.4) is 0 Å². The topological polar surface area (TPSA) is 73.5 Å². The van der Waals surface area contributed by atoms with E-state index in [1.165, 1.54) is 36.5 Å². The van der Waals surface area contributed by atoms with E-state index in [-0.39, 0.29) is 17.4 Å². The van der Waals surface area contributed by atoms with E-state index < -0.39 is 5.82 Å².